The molecule has 90 valence electrons. The summed E-state index contributed by atoms with van der Waals surface area (Å²) in [6.45, 7) is 4.07. The van der Waals surface area contributed by atoms with Crippen LogP contribution in [0.1, 0.15) is 32.0 Å². The summed E-state index contributed by atoms with van der Waals surface area (Å²) < 4.78 is 13.4. The van der Waals surface area contributed by atoms with Crippen molar-refractivity contribution in [3.05, 3.63) is 28.8 Å². The molecule has 0 bridgehead atoms. The fourth-order valence-electron chi connectivity index (χ4n) is 1.29. The number of rotatable bonds is 5. The third-order valence-electron chi connectivity index (χ3n) is 2.38. The zero-order chi connectivity index (χ0) is 12.1. The molecule has 0 radical (unpaired) electrons. The van der Waals surface area contributed by atoms with Gasteiger partial charge in [0.25, 0.3) is 0 Å². The summed E-state index contributed by atoms with van der Waals surface area (Å²) in [5, 5.41) is 12.6. The Morgan fingerprint density at radius 1 is 1.56 bits per heavy atom. The number of hydrogen-bond donors (Lipinski definition) is 2. The number of aromatic nitrogens is 1. The van der Waals surface area contributed by atoms with Gasteiger partial charge in [-0.05, 0) is 25.5 Å². The minimum Gasteiger partial charge on any atom is -0.392 e. The van der Waals surface area contributed by atoms with Crippen LogP contribution in [0.25, 0.3) is 0 Å². The first-order valence-electron chi connectivity index (χ1n) is 5.28. The van der Waals surface area contributed by atoms with Gasteiger partial charge in [-0.15, -0.1) is 0 Å². The highest BCUT2D eigenvalue weighted by Crippen LogP contribution is 2.17. The van der Waals surface area contributed by atoms with E-state index >= 15 is 0 Å². The Morgan fingerprint density at radius 2 is 2.25 bits per heavy atom. The second-order valence-corrected chi connectivity index (χ2v) is 4.08. The lowest BCUT2D eigenvalue weighted by Crippen LogP contribution is -2.29. The Labute approximate surface area is 99.7 Å². The van der Waals surface area contributed by atoms with Crippen molar-refractivity contribution in [2.45, 2.75) is 32.4 Å². The van der Waals surface area contributed by atoms with E-state index in [1.54, 1.807) is 6.92 Å². The fourth-order valence-corrected chi connectivity index (χ4v) is 1.44. The summed E-state index contributed by atoms with van der Waals surface area (Å²) in [5.74, 6) is -0.393. The molecule has 2 unspecified atom stereocenters. The molecule has 0 fully saturated rings. The molecular weight excluding hydrogens is 231 g/mol. The second-order valence-electron chi connectivity index (χ2n) is 3.69. The van der Waals surface area contributed by atoms with Gasteiger partial charge in [-0.1, -0.05) is 18.5 Å². The first-order valence-corrected chi connectivity index (χ1v) is 5.65. The molecule has 3 nitrogen and oxygen atoms in total. The van der Waals surface area contributed by atoms with E-state index in [4.69, 9.17) is 11.6 Å². The molecule has 0 aromatic carbocycles. The summed E-state index contributed by atoms with van der Waals surface area (Å²) in [5.41, 5.74) is 0.274. The number of pyridine rings is 1. The van der Waals surface area contributed by atoms with Crippen molar-refractivity contribution < 1.29 is 9.50 Å². The zero-order valence-electron chi connectivity index (χ0n) is 9.37. The Kier molecular flexibility index (Phi) is 5.12. The first-order chi connectivity index (χ1) is 7.54. The maximum absolute atomic E-state index is 13.4. The Bertz CT molecular complexity index is 349. The molecule has 0 spiro atoms. The van der Waals surface area contributed by atoms with Crippen molar-refractivity contribution in [1.82, 2.24) is 10.3 Å². The van der Waals surface area contributed by atoms with Gasteiger partial charge in [-0.25, -0.2) is 9.37 Å². The largest absolute Gasteiger partial charge is 0.392 e. The average molecular weight is 247 g/mol. The van der Waals surface area contributed by atoms with Crippen LogP contribution >= 0.6 is 11.6 Å². The van der Waals surface area contributed by atoms with Gasteiger partial charge in [0.05, 0.1) is 11.8 Å². The van der Waals surface area contributed by atoms with Gasteiger partial charge in [0.15, 0.2) is 0 Å². The lowest BCUT2D eigenvalue weighted by molar-refractivity contribution is 0.163. The number of halogens is 2. The minimum atomic E-state index is -0.426. The van der Waals surface area contributed by atoms with E-state index in [2.05, 4.69) is 10.3 Å². The van der Waals surface area contributed by atoms with Gasteiger partial charge in [0.1, 0.15) is 11.0 Å². The molecule has 1 heterocycles. The molecule has 0 saturated heterocycles. The Balaban J connectivity index is 2.65. The van der Waals surface area contributed by atoms with Crippen molar-refractivity contribution in [2.75, 3.05) is 6.54 Å². The zero-order valence-corrected chi connectivity index (χ0v) is 10.1. The molecule has 16 heavy (non-hydrogen) atoms. The van der Waals surface area contributed by atoms with E-state index in [1.807, 2.05) is 6.92 Å². The SMILES string of the molecule is CCC(O)CNC(C)c1nc(Cl)ccc1F. The van der Waals surface area contributed by atoms with Crippen LogP contribution in [0.15, 0.2) is 12.1 Å². The molecule has 0 aliphatic rings. The van der Waals surface area contributed by atoms with Gasteiger partial charge in [-0.2, -0.15) is 0 Å². The summed E-state index contributed by atoms with van der Waals surface area (Å²) in [4.78, 5) is 3.92. The fraction of sp³-hybridized carbons (Fsp3) is 0.545. The first kappa shape index (κ1) is 13.4. The molecule has 0 amide bonds. The van der Waals surface area contributed by atoms with Crippen molar-refractivity contribution in [3.63, 3.8) is 0 Å². The van der Waals surface area contributed by atoms with Gasteiger partial charge >= 0.3 is 0 Å². The normalized spacial score (nSPS) is 14.8. The van der Waals surface area contributed by atoms with Gasteiger partial charge in [0.2, 0.25) is 0 Å². The molecule has 1 aromatic rings. The monoisotopic (exact) mass is 246 g/mol. The van der Waals surface area contributed by atoms with E-state index in [0.29, 0.717) is 13.0 Å². The van der Waals surface area contributed by atoms with Crippen LogP contribution < -0.4 is 5.32 Å². The van der Waals surface area contributed by atoms with Crippen LogP contribution in [-0.2, 0) is 0 Å². The van der Waals surface area contributed by atoms with E-state index in [-0.39, 0.29) is 16.9 Å². The van der Waals surface area contributed by atoms with Crippen molar-refractivity contribution >= 4 is 11.6 Å². The highest BCUT2D eigenvalue weighted by atomic mass is 35.5. The molecule has 5 heteroatoms. The van der Waals surface area contributed by atoms with Crippen LogP contribution in [0.5, 0.6) is 0 Å². The lowest BCUT2D eigenvalue weighted by atomic mass is 10.2. The topological polar surface area (TPSA) is 45.1 Å². The third kappa shape index (κ3) is 3.70. The van der Waals surface area contributed by atoms with Gasteiger partial charge < -0.3 is 10.4 Å². The number of nitrogens with one attached hydrogen (secondary N) is 1. The molecule has 1 aromatic heterocycles. The van der Waals surface area contributed by atoms with Gasteiger partial charge in [0, 0.05) is 12.6 Å². The average Bonchev–Trinajstić information content (AvgIpc) is 2.28. The Hall–Kier alpha value is -0.710. The molecule has 0 saturated carbocycles. The smallest absolute Gasteiger partial charge is 0.146 e. The predicted octanol–water partition coefficient (Wildman–Crippen LogP) is 2.30. The quantitative estimate of drug-likeness (QED) is 0.784. The van der Waals surface area contributed by atoms with Crippen LogP contribution in [0.4, 0.5) is 4.39 Å². The van der Waals surface area contributed by atoms with Crippen molar-refractivity contribution in [1.29, 1.82) is 0 Å². The number of nitrogens with zero attached hydrogens (tertiary/aromatic N) is 1. The third-order valence-corrected chi connectivity index (χ3v) is 2.59. The van der Waals surface area contributed by atoms with Crippen molar-refractivity contribution in [3.8, 4) is 0 Å². The number of aliphatic hydroxyl groups is 1. The number of hydrogen-bond acceptors (Lipinski definition) is 3. The van der Waals surface area contributed by atoms with Crippen LogP contribution in [-0.4, -0.2) is 22.7 Å². The van der Waals surface area contributed by atoms with E-state index in [9.17, 15) is 9.50 Å². The molecular formula is C11H16ClFN2O. The summed E-state index contributed by atoms with van der Waals surface area (Å²) in [6, 6.07) is 2.42. The van der Waals surface area contributed by atoms with Crippen LogP contribution in [0, 0.1) is 5.82 Å². The van der Waals surface area contributed by atoms with Crippen LogP contribution in [0.3, 0.4) is 0 Å². The van der Waals surface area contributed by atoms with E-state index < -0.39 is 11.9 Å². The summed E-state index contributed by atoms with van der Waals surface area (Å²) >= 11 is 5.70. The summed E-state index contributed by atoms with van der Waals surface area (Å²) in [7, 11) is 0. The maximum atomic E-state index is 13.4. The molecule has 0 aliphatic carbocycles. The lowest BCUT2D eigenvalue weighted by Gasteiger charge is -2.16. The maximum Gasteiger partial charge on any atom is 0.146 e. The standard InChI is InChI=1S/C11H16ClFN2O/c1-3-8(16)6-14-7(2)11-9(13)4-5-10(12)15-11/h4-5,7-8,14,16H,3,6H2,1-2H3. The van der Waals surface area contributed by atoms with E-state index in [1.165, 1.54) is 12.1 Å². The predicted molar refractivity (Wildman–Crippen MR) is 61.9 cm³/mol. The van der Waals surface area contributed by atoms with E-state index in [0.717, 1.165) is 0 Å². The van der Waals surface area contributed by atoms with Crippen LogP contribution in [0.2, 0.25) is 5.15 Å². The second kappa shape index (κ2) is 6.13. The minimum absolute atomic E-state index is 0.265. The highest BCUT2D eigenvalue weighted by molar-refractivity contribution is 6.29. The number of aliphatic hydroxyl groups excluding tert-OH is 1. The Morgan fingerprint density at radius 3 is 2.88 bits per heavy atom. The molecule has 2 atom stereocenters. The molecule has 0 aliphatic heterocycles. The van der Waals surface area contributed by atoms with Crippen molar-refractivity contribution in [2.24, 2.45) is 0 Å². The molecule has 2 N–H and O–H groups in total. The summed E-state index contributed by atoms with van der Waals surface area (Å²) in [6.07, 6.45) is 0.232. The molecule has 1 rings (SSSR count). The van der Waals surface area contributed by atoms with Gasteiger partial charge in [-0.3, -0.25) is 0 Å². The highest BCUT2D eigenvalue weighted by Gasteiger charge is 2.13.